The Kier molecular flexibility index (Phi) is 16.3. The summed E-state index contributed by atoms with van der Waals surface area (Å²) in [7, 11) is 5.21. The molecule has 3 heterocycles. The van der Waals surface area contributed by atoms with Gasteiger partial charge in [-0.15, -0.1) is 0 Å². The van der Waals surface area contributed by atoms with Gasteiger partial charge in [-0.25, -0.2) is 0 Å². The Morgan fingerprint density at radius 2 is 1.51 bits per heavy atom. The number of esters is 2. The molecule has 0 aromatic rings. The molecule has 3 aliphatic heterocycles. The molecule has 3 aliphatic rings. The van der Waals surface area contributed by atoms with Crippen LogP contribution in [0.3, 0.4) is 0 Å². The summed E-state index contributed by atoms with van der Waals surface area (Å²) in [5.41, 5.74) is -4.92. The first kappa shape index (κ1) is 47.6. The van der Waals surface area contributed by atoms with Crippen molar-refractivity contribution in [1.82, 2.24) is 4.90 Å². The lowest BCUT2D eigenvalue weighted by Gasteiger charge is -2.49. The van der Waals surface area contributed by atoms with Gasteiger partial charge in [0.15, 0.2) is 18.7 Å². The summed E-state index contributed by atoms with van der Waals surface area (Å²) in [5, 5.41) is 46.6. The molecular weight excluding hydrogens is 718 g/mol. The van der Waals surface area contributed by atoms with Gasteiger partial charge in [0.05, 0.1) is 53.7 Å². The van der Waals surface area contributed by atoms with E-state index < -0.39 is 114 Å². The third-order valence-corrected chi connectivity index (χ3v) is 12.4. The molecule has 4 N–H and O–H groups in total. The van der Waals surface area contributed by atoms with E-state index in [0.29, 0.717) is 6.42 Å². The number of hydrogen-bond acceptors (Lipinski definition) is 15. The van der Waals surface area contributed by atoms with Crippen LogP contribution in [0.2, 0.25) is 0 Å². The number of hydrogen-bond donors (Lipinski definition) is 4. The van der Waals surface area contributed by atoms with E-state index in [4.69, 9.17) is 33.2 Å². The van der Waals surface area contributed by atoms with Crippen molar-refractivity contribution < 1.29 is 68.0 Å². The fourth-order valence-electron chi connectivity index (χ4n) is 8.76. The second-order valence-corrected chi connectivity index (χ2v) is 17.3. The molecule has 15 heteroatoms. The van der Waals surface area contributed by atoms with Crippen LogP contribution in [0, 0.1) is 23.7 Å². The van der Waals surface area contributed by atoms with Crippen LogP contribution in [0.25, 0.3) is 0 Å². The van der Waals surface area contributed by atoms with Crippen molar-refractivity contribution in [3.63, 3.8) is 0 Å². The number of ketones is 1. The van der Waals surface area contributed by atoms with Crippen LogP contribution in [0.1, 0.15) is 108 Å². The highest BCUT2D eigenvalue weighted by Gasteiger charge is 2.54. The van der Waals surface area contributed by atoms with Crippen molar-refractivity contribution in [1.29, 1.82) is 0 Å². The molecule has 0 aromatic heterocycles. The van der Waals surface area contributed by atoms with Crippen molar-refractivity contribution in [2.75, 3.05) is 21.2 Å². The number of likely N-dealkylation sites (N-methyl/N-ethyl adjacent to an activating group) is 1. The first-order valence-corrected chi connectivity index (χ1v) is 19.9. The molecule has 0 spiro atoms. The van der Waals surface area contributed by atoms with E-state index in [1.807, 2.05) is 25.9 Å². The molecule has 320 valence electrons. The fraction of sp³-hybridized carbons (Fsp3) is 0.925. The number of methoxy groups -OCH3 is 1. The van der Waals surface area contributed by atoms with Gasteiger partial charge in [-0.05, 0) is 74.9 Å². The first-order chi connectivity index (χ1) is 25.4. The van der Waals surface area contributed by atoms with Crippen molar-refractivity contribution in [3.05, 3.63) is 0 Å². The minimum Gasteiger partial charge on any atom is -0.459 e. The Morgan fingerprint density at radius 3 is 2.05 bits per heavy atom. The van der Waals surface area contributed by atoms with Crippen LogP contribution in [0.15, 0.2) is 0 Å². The van der Waals surface area contributed by atoms with Gasteiger partial charge in [-0.3, -0.25) is 14.4 Å². The van der Waals surface area contributed by atoms with Crippen LogP contribution >= 0.6 is 0 Å². The van der Waals surface area contributed by atoms with Crippen molar-refractivity contribution in [2.45, 2.75) is 193 Å². The number of aliphatic hydroxyl groups excluding tert-OH is 2. The molecule has 0 saturated carbocycles. The molecular formula is C40H71NO14. The van der Waals surface area contributed by atoms with Crippen LogP contribution in [0.5, 0.6) is 0 Å². The van der Waals surface area contributed by atoms with E-state index in [2.05, 4.69) is 0 Å². The van der Waals surface area contributed by atoms with E-state index in [1.54, 1.807) is 48.5 Å². The molecule has 55 heavy (non-hydrogen) atoms. The number of rotatable bonds is 9. The molecule has 0 amide bonds. The molecule has 0 aromatic carbocycles. The number of aliphatic hydroxyl groups is 4. The topological polar surface area (TPSA) is 200 Å². The second-order valence-electron chi connectivity index (χ2n) is 17.3. The fourth-order valence-corrected chi connectivity index (χ4v) is 8.76. The molecule has 0 bridgehead atoms. The third kappa shape index (κ3) is 10.6. The summed E-state index contributed by atoms with van der Waals surface area (Å²) in [6.07, 6.45) is -9.68. The van der Waals surface area contributed by atoms with Gasteiger partial charge in [0.1, 0.15) is 23.6 Å². The molecule has 3 rings (SSSR count). The average molecular weight is 790 g/mol. The Hall–Kier alpha value is -1.79. The van der Waals surface area contributed by atoms with E-state index >= 15 is 0 Å². The predicted octanol–water partition coefficient (Wildman–Crippen LogP) is 2.75. The van der Waals surface area contributed by atoms with Crippen molar-refractivity contribution >= 4 is 17.7 Å². The normalized spacial score (nSPS) is 46.9. The van der Waals surface area contributed by atoms with E-state index in [0.717, 1.165) is 0 Å². The maximum Gasteiger partial charge on any atom is 0.311 e. The zero-order valence-electron chi connectivity index (χ0n) is 35.5. The molecule has 18 atom stereocenters. The van der Waals surface area contributed by atoms with Gasteiger partial charge in [0, 0.05) is 37.7 Å². The standard InChI is InChI=1S/C40H71NO14/c1-15-27-40(11,48)33(44)22(5)30(43)20(3)18-38(9,47)35(55-37-32(53-28(42)16-2)26(41(12)13)17-21(4)50-37)23(6)31(24(7)36(46)52-27)54-29-19-39(10,49-14)34(45)25(8)51-29/h20-27,29,31-35,37,44-45,47-48H,15-19H2,1-14H3/t20-,21?,22+,23?,24-,25-,26?,27?,29?,31+,32?,33-,34-,35-,37?,38+,39?,40-/m1/s1. The number of cyclic esters (lactones) is 1. The van der Waals surface area contributed by atoms with Crippen LogP contribution in [-0.4, -0.2) is 149 Å². The van der Waals surface area contributed by atoms with Crippen LogP contribution in [0.4, 0.5) is 0 Å². The minimum absolute atomic E-state index is 0.0760. The lowest BCUT2D eigenvalue weighted by Crippen LogP contribution is -2.61. The molecule has 0 aliphatic carbocycles. The highest BCUT2D eigenvalue weighted by Crippen LogP contribution is 2.41. The first-order valence-electron chi connectivity index (χ1n) is 19.9. The zero-order chi connectivity index (χ0) is 42.0. The maximum atomic E-state index is 14.2. The monoisotopic (exact) mass is 789 g/mol. The molecule has 8 unspecified atom stereocenters. The largest absolute Gasteiger partial charge is 0.459 e. The van der Waals surface area contributed by atoms with Gasteiger partial charge in [-0.1, -0.05) is 34.6 Å². The number of Topliss-reactive ketones (excluding diaryl/α,β-unsaturated/α-hetero) is 1. The average Bonchev–Trinajstić information content (AvgIpc) is 3.11. The van der Waals surface area contributed by atoms with Crippen LogP contribution in [-0.2, 0) is 47.5 Å². The van der Waals surface area contributed by atoms with Crippen LogP contribution < -0.4 is 0 Å². The zero-order valence-corrected chi connectivity index (χ0v) is 35.5. The van der Waals surface area contributed by atoms with Crippen molar-refractivity contribution in [3.8, 4) is 0 Å². The summed E-state index contributed by atoms with van der Waals surface area (Å²) in [5.74, 6) is -5.59. The van der Waals surface area contributed by atoms with Gasteiger partial charge in [0.2, 0.25) is 0 Å². The summed E-state index contributed by atoms with van der Waals surface area (Å²) >= 11 is 0. The maximum absolute atomic E-state index is 14.2. The number of nitrogens with zero attached hydrogens (tertiary/aromatic N) is 1. The Balaban J connectivity index is 2.24. The SMILES string of the molecule is CCC(=O)OC1C(O[C@@H]2C(C)[C@H](OC3CC(C)(OC)[C@H](O)[C@@H](C)O3)[C@@H](C)C(=O)OC(CC)[C@@](C)(O)[C@H](O)[C@@H](C)C(=O)[C@H](C)C[C@]2(C)O)OC(C)CC1N(C)C. The molecule has 15 nitrogen and oxygen atoms in total. The minimum atomic E-state index is -2.01. The molecule has 3 fully saturated rings. The summed E-state index contributed by atoms with van der Waals surface area (Å²) in [6, 6.07) is -0.319. The Bertz CT molecular complexity index is 1290. The second kappa shape index (κ2) is 18.9. The predicted molar refractivity (Wildman–Crippen MR) is 200 cm³/mol. The quantitative estimate of drug-likeness (QED) is 0.249. The van der Waals surface area contributed by atoms with E-state index in [9.17, 15) is 34.8 Å². The summed E-state index contributed by atoms with van der Waals surface area (Å²) in [6.45, 7) is 18.0. The third-order valence-electron chi connectivity index (χ3n) is 12.4. The molecule has 0 radical (unpaired) electrons. The lowest BCUT2D eigenvalue weighted by molar-refractivity contribution is -0.319. The highest BCUT2D eigenvalue weighted by molar-refractivity contribution is 5.83. The van der Waals surface area contributed by atoms with Gasteiger partial charge in [0.25, 0.3) is 0 Å². The summed E-state index contributed by atoms with van der Waals surface area (Å²) < 4.78 is 43.6. The number of carbonyl (C=O) groups is 3. The van der Waals surface area contributed by atoms with E-state index in [-0.39, 0.29) is 37.8 Å². The highest BCUT2D eigenvalue weighted by atomic mass is 16.7. The Morgan fingerprint density at radius 1 is 0.891 bits per heavy atom. The van der Waals surface area contributed by atoms with Crippen molar-refractivity contribution in [2.24, 2.45) is 23.7 Å². The van der Waals surface area contributed by atoms with Gasteiger partial charge < -0.3 is 58.5 Å². The van der Waals surface area contributed by atoms with E-state index in [1.165, 1.54) is 27.9 Å². The van der Waals surface area contributed by atoms with Gasteiger partial charge in [-0.2, -0.15) is 0 Å². The summed E-state index contributed by atoms with van der Waals surface area (Å²) in [4.78, 5) is 42.9. The smallest absolute Gasteiger partial charge is 0.311 e. The Labute approximate surface area is 327 Å². The molecule has 3 saturated heterocycles. The number of ether oxygens (including phenoxy) is 7. The lowest BCUT2D eigenvalue weighted by atomic mass is 9.74. The van der Waals surface area contributed by atoms with Gasteiger partial charge >= 0.3 is 11.9 Å². The number of carbonyl (C=O) groups excluding carboxylic acids is 3.